The van der Waals surface area contributed by atoms with Crippen molar-refractivity contribution in [3.8, 4) is 0 Å². The third kappa shape index (κ3) is 4.59. The van der Waals surface area contributed by atoms with Crippen LogP contribution in [0.5, 0.6) is 0 Å². The summed E-state index contributed by atoms with van der Waals surface area (Å²) >= 11 is 0. The molecule has 2 aliphatic heterocycles. The molecule has 0 aromatic rings. The molecule has 0 spiro atoms. The van der Waals surface area contributed by atoms with Crippen molar-refractivity contribution < 1.29 is 0 Å². The van der Waals surface area contributed by atoms with Gasteiger partial charge in [0.25, 0.3) is 0 Å². The predicted molar refractivity (Wildman–Crippen MR) is 76.4 cm³/mol. The van der Waals surface area contributed by atoms with E-state index in [0.717, 1.165) is 17.9 Å². The van der Waals surface area contributed by atoms with Gasteiger partial charge in [-0.3, -0.25) is 4.90 Å². The normalized spacial score (nSPS) is 36.2. The Morgan fingerprint density at radius 3 is 2.06 bits per heavy atom. The smallest absolute Gasteiger partial charge is 0.0223 e. The number of hydrogen-bond donors (Lipinski definition) is 0. The highest BCUT2D eigenvalue weighted by atomic mass is 15.2. The summed E-state index contributed by atoms with van der Waals surface area (Å²) in [4.78, 5) is 5.26. The Labute approximate surface area is 108 Å². The van der Waals surface area contributed by atoms with Gasteiger partial charge in [0.1, 0.15) is 0 Å². The van der Waals surface area contributed by atoms with Gasteiger partial charge in [-0.1, -0.05) is 27.7 Å². The highest BCUT2D eigenvalue weighted by Crippen LogP contribution is 2.25. The van der Waals surface area contributed by atoms with Gasteiger partial charge in [-0.05, 0) is 44.7 Å². The van der Waals surface area contributed by atoms with Crippen LogP contribution in [0.1, 0.15) is 47.0 Å². The van der Waals surface area contributed by atoms with Gasteiger partial charge in [0.15, 0.2) is 0 Å². The van der Waals surface area contributed by atoms with E-state index in [1.165, 1.54) is 45.4 Å². The molecule has 102 valence electrons. The fourth-order valence-corrected chi connectivity index (χ4v) is 3.45. The van der Waals surface area contributed by atoms with Crippen LogP contribution in [-0.2, 0) is 0 Å². The molecule has 17 heavy (non-hydrogen) atoms. The summed E-state index contributed by atoms with van der Waals surface area (Å²) in [7, 11) is 2.27. The van der Waals surface area contributed by atoms with Crippen LogP contribution >= 0.6 is 0 Å². The zero-order valence-electron chi connectivity index (χ0n) is 12.6. The van der Waals surface area contributed by atoms with E-state index in [1.807, 2.05) is 13.8 Å². The minimum absolute atomic E-state index is 0.842. The second kappa shape index (κ2) is 7.38. The van der Waals surface area contributed by atoms with E-state index in [9.17, 15) is 0 Å². The molecule has 2 nitrogen and oxygen atoms in total. The highest BCUT2D eigenvalue weighted by molar-refractivity contribution is 4.84. The third-order valence-electron chi connectivity index (χ3n) is 4.01. The molecule has 0 N–H and O–H groups in total. The summed E-state index contributed by atoms with van der Waals surface area (Å²) in [5, 5.41) is 0. The molecule has 3 unspecified atom stereocenters. The first-order chi connectivity index (χ1) is 8.15. The lowest BCUT2D eigenvalue weighted by molar-refractivity contribution is 0.0549. The minimum atomic E-state index is 0.842. The van der Waals surface area contributed by atoms with Crippen molar-refractivity contribution >= 4 is 0 Å². The predicted octanol–water partition coefficient (Wildman–Crippen LogP) is 3.08. The van der Waals surface area contributed by atoms with Gasteiger partial charge in [-0.25, -0.2) is 0 Å². The Morgan fingerprint density at radius 1 is 0.941 bits per heavy atom. The second-order valence-corrected chi connectivity index (χ2v) is 5.96. The van der Waals surface area contributed by atoms with Gasteiger partial charge < -0.3 is 4.90 Å². The summed E-state index contributed by atoms with van der Waals surface area (Å²) in [5.41, 5.74) is 0. The first-order valence-corrected chi connectivity index (χ1v) is 7.57. The average Bonchev–Trinajstić information content (AvgIpc) is 2.30. The van der Waals surface area contributed by atoms with Gasteiger partial charge in [0.05, 0.1) is 0 Å². The quantitative estimate of drug-likeness (QED) is 0.695. The van der Waals surface area contributed by atoms with E-state index in [0.29, 0.717) is 0 Å². The Morgan fingerprint density at radius 2 is 1.53 bits per heavy atom. The van der Waals surface area contributed by atoms with E-state index in [4.69, 9.17) is 0 Å². The van der Waals surface area contributed by atoms with Crippen molar-refractivity contribution in [1.82, 2.24) is 9.80 Å². The van der Waals surface area contributed by atoms with Crippen molar-refractivity contribution in [2.24, 2.45) is 11.8 Å². The van der Waals surface area contributed by atoms with Gasteiger partial charge in [-0.2, -0.15) is 0 Å². The van der Waals surface area contributed by atoms with Crippen LogP contribution in [0.15, 0.2) is 0 Å². The molecular weight excluding hydrogens is 208 g/mol. The molecule has 0 amide bonds. The van der Waals surface area contributed by atoms with Crippen molar-refractivity contribution in [3.05, 3.63) is 0 Å². The standard InChI is InChI=1S/C13H26N2.C2H6/c1-11-7-12(2)9-15(8-11)13-5-4-6-14(3)10-13;1-2/h11-13H,4-10H2,1-3H3;1-2H3. The Hall–Kier alpha value is -0.0800. The van der Waals surface area contributed by atoms with Crippen molar-refractivity contribution in [2.75, 3.05) is 33.2 Å². The average molecular weight is 240 g/mol. The lowest BCUT2D eigenvalue weighted by atomic mass is 9.89. The van der Waals surface area contributed by atoms with Crippen LogP contribution < -0.4 is 0 Å². The number of nitrogens with zero attached hydrogens (tertiary/aromatic N) is 2. The molecule has 0 aliphatic carbocycles. The van der Waals surface area contributed by atoms with Crippen LogP contribution in [0.25, 0.3) is 0 Å². The van der Waals surface area contributed by atoms with Gasteiger partial charge in [0, 0.05) is 25.7 Å². The fraction of sp³-hybridized carbons (Fsp3) is 1.00. The summed E-state index contributed by atoms with van der Waals surface area (Å²) in [6, 6.07) is 0.842. The lowest BCUT2D eigenvalue weighted by Crippen LogP contribution is -2.51. The molecule has 3 atom stereocenters. The van der Waals surface area contributed by atoms with E-state index in [2.05, 4.69) is 30.7 Å². The third-order valence-corrected chi connectivity index (χ3v) is 4.01. The molecular formula is C15H32N2. The SMILES string of the molecule is CC.CC1CC(C)CN(C2CCCN(C)C2)C1. The Kier molecular flexibility index (Phi) is 6.50. The second-order valence-electron chi connectivity index (χ2n) is 5.96. The molecule has 2 aliphatic rings. The van der Waals surface area contributed by atoms with Gasteiger partial charge in [-0.15, -0.1) is 0 Å². The topological polar surface area (TPSA) is 6.48 Å². The largest absolute Gasteiger partial charge is 0.305 e. The van der Waals surface area contributed by atoms with Crippen LogP contribution in [0, 0.1) is 11.8 Å². The molecule has 0 saturated carbocycles. The number of rotatable bonds is 1. The zero-order chi connectivity index (χ0) is 12.8. The molecule has 2 fully saturated rings. The molecule has 2 heteroatoms. The van der Waals surface area contributed by atoms with Crippen LogP contribution in [0.2, 0.25) is 0 Å². The van der Waals surface area contributed by atoms with E-state index in [-0.39, 0.29) is 0 Å². The van der Waals surface area contributed by atoms with Crippen LogP contribution in [-0.4, -0.2) is 49.1 Å². The Bertz CT molecular complexity index is 195. The molecule has 2 saturated heterocycles. The van der Waals surface area contributed by atoms with E-state index >= 15 is 0 Å². The summed E-state index contributed by atoms with van der Waals surface area (Å²) < 4.78 is 0. The van der Waals surface area contributed by atoms with Crippen molar-refractivity contribution in [2.45, 2.75) is 53.0 Å². The maximum absolute atomic E-state index is 2.76. The fourth-order valence-electron chi connectivity index (χ4n) is 3.45. The lowest BCUT2D eigenvalue weighted by Gasteiger charge is -2.43. The molecule has 0 bridgehead atoms. The van der Waals surface area contributed by atoms with Crippen molar-refractivity contribution in [1.29, 1.82) is 0 Å². The maximum atomic E-state index is 2.76. The van der Waals surface area contributed by atoms with Crippen LogP contribution in [0.3, 0.4) is 0 Å². The Balaban J connectivity index is 0.000000686. The molecule has 2 heterocycles. The van der Waals surface area contributed by atoms with Gasteiger partial charge >= 0.3 is 0 Å². The number of likely N-dealkylation sites (N-methyl/N-ethyl adjacent to an activating group) is 1. The van der Waals surface area contributed by atoms with E-state index < -0.39 is 0 Å². The van der Waals surface area contributed by atoms with Crippen molar-refractivity contribution in [3.63, 3.8) is 0 Å². The zero-order valence-corrected chi connectivity index (χ0v) is 12.6. The maximum Gasteiger partial charge on any atom is 0.0223 e. The molecule has 2 rings (SSSR count). The number of piperidine rings is 2. The van der Waals surface area contributed by atoms with Gasteiger partial charge in [0.2, 0.25) is 0 Å². The monoisotopic (exact) mass is 240 g/mol. The first-order valence-electron chi connectivity index (χ1n) is 7.57. The summed E-state index contributed by atoms with van der Waals surface area (Å²) in [5.74, 6) is 1.81. The minimum Gasteiger partial charge on any atom is -0.305 e. The molecule has 0 aromatic carbocycles. The molecule has 0 aromatic heterocycles. The first kappa shape index (κ1) is 15.0. The molecule has 0 radical (unpaired) electrons. The van der Waals surface area contributed by atoms with Crippen LogP contribution in [0.4, 0.5) is 0 Å². The van der Waals surface area contributed by atoms with E-state index in [1.54, 1.807) is 0 Å². The summed E-state index contributed by atoms with van der Waals surface area (Å²) in [6.45, 7) is 14.1. The number of likely N-dealkylation sites (tertiary alicyclic amines) is 2. The highest BCUT2D eigenvalue weighted by Gasteiger charge is 2.29. The number of hydrogen-bond acceptors (Lipinski definition) is 2. The summed E-state index contributed by atoms with van der Waals surface area (Å²) in [6.07, 6.45) is 4.24.